The predicted octanol–water partition coefficient (Wildman–Crippen LogP) is 4.58. The summed E-state index contributed by atoms with van der Waals surface area (Å²) in [6.07, 6.45) is 1.65. The Morgan fingerprint density at radius 3 is 2.86 bits per heavy atom. The summed E-state index contributed by atoms with van der Waals surface area (Å²) in [6, 6.07) is 3.08. The van der Waals surface area contributed by atoms with Crippen LogP contribution in [0.15, 0.2) is 27.2 Å². The summed E-state index contributed by atoms with van der Waals surface area (Å²) >= 11 is 9.36. The Kier molecular flexibility index (Phi) is 3.75. The second kappa shape index (κ2) is 5.42. The molecule has 0 saturated carbocycles. The first-order valence-corrected chi connectivity index (χ1v) is 7.59. The summed E-state index contributed by atoms with van der Waals surface area (Å²) in [7, 11) is 0. The van der Waals surface area contributed by atoms with E-state index >= 15 is 0 Å². The number of aryl methyl sites for hydroxylation is 1. The molecule has 3 aromatic rings. The molecule has 7 heteroatoms. The molecule has 0 N–H and O–H groups in total. The number of aromatic nitrogens is 3. The van der Waals surface area contributed by atoms with Crippen molar-refractivity contribution in [1.82, 2.24) is 14.5 Å². The first-order chi connectivity index (χ1) is 9.95. The van der Waals surface area contributed by atoms with E-state index < -0.39 is 0 Å². The van der Waals surface area contributed by atoms with Gasteiger partial charge in [-0.2, -0.15) is 0 Å². The molecule has 1 atom stereocenters. The fraction of sp³-hybridized carbons (Fsp3) is 0.286. The Morgan fingerprint density at radius 2 is 2.24 bits per heavy atom. The SMILES string of the molecule is Cc1cnc(Cn2c(C(C)Cl)nc3cc(Br)c(F)cc32)o1. The molecule has 4 nitrogen and oxygen atoms in total. The Hall–Kier alpha value is -1.40. The van der Waals surface area contributed by atoms with Gasteiger partial charge < -0.3 is 8.98 Å². The lowest BCUT2D eigenvalue weighted by atomic mass is 10.3. The van der Waals surface area contributed by atoms with E-state index in [0.717, 1.165) is 5.76 Å². The average Bonchev–Trinajstić information content (AvgIpc) is 2.96. The second-order valence-electron chi connectivity index (χ2n) is 4.79. The van der Waals surface area contributed by atoms with E-state index in [9.17, 15) is 4.39 Å². The van der Waals surface area contributed by atoms with Crippen molar-refractivity contribution >= 4 is 38.6 Å². The predicted molar refractivity (Wildman–Crippen MR) is 82.0 cm³/mol. The number of imidazole rings is 1. The van der Waals surface area contributed by atoms with Gasteiger partial charge >= 0.3 is 0 Å². The maximum Gasteiger partial charge on any atom is 0.214 e. The summed E-state index contributed by atoms with van der Waals surface area (Å²) in [5.41, 5.74) is 1.34. The van der Waals surface area contributed by atoms with Crippen molar-refractivity contribution in [2.75, 3.05) is 0 Å². The van der Waals surface area contributed by atoms with Crippen LogP contribution in [0, 0.1) is 12.7 Å². The van der Waals surface area contributed by atoms with Gasteiger partial charge in [-0.3, -0.25) is 0 Å². The highest BCUT2D eigenvalue weighted by molar-refractivity contribution is 9.10. The van der Waals surface area contributed by atoms with Gasteiger partial charge in [0.15, 0.2) is 0 Å². The minimum absolute atomic E-state index is 0.310. The van der Waals surface area contributed by atoms with E-state index in [2.05, 4.69) is 25.9 Å². The molecule has 21 heavy (non-hydrogen) atoms. The smallest absolute Gasteiger partial charge is 0.214 e. The molecule has 3 rings (SSSR count). The lowest BCUT2D eigenvalue weighted by molar-refractivity contribution is 0.456. The summed E-state index contributed by atoms with van der Waals surface area (Å²) < 4.78 is 21.5. The summed E-state index contributed by atoms with van der Waals surface area (Å²) in [5, 5.41) is -0.310. The second-order valence-corrected chi connectivity index (χ2v) is 6.30. The normalized spacial score (nSPS) is 13.0. The van der Waals surface area contributed by atoms with Gasteiger partial charge in [-0.1, -0.05) is 0 Å². The number of benzene rings is 1. The van der Waals surface area contributed by atoms with Crippen LogP contribution in [0.1, 0.15) is 29.8 Å². The van der Waals surface area contributed by atoms with Crippen LogP contribution in [-0.4, -0.2) is 14.5 Å². The fourth-order valence-electron chi connectivity index (χ4n) is 2.22. The van der Waals surface area contributed by atoms with Crippen LogP contribution in [0.4, 0.5) is 4.39 Å². The zero-order valence-electron chi connectivity index (χ0n) is 11.4. The first kappa shape index (κ1) is 14.5. The molecule has 0 aliphatic rings. The van der Waals surface area contributed by atoms with Crippen LogP contribution in [0.25, 0.3) is 11.0 Å². The molecule has 1 unspecified atom stereocenters. The molecule has 0 spiro atoms. The van der Waals surface area contributed by atoms with E-state index in [1.165, 1.54) is 6.07 Å². The van der Waals surface area contributed by atoms with Crippen molar-refractivity contribution < 1.29 is 8.81 Å². The van der Waals surface area contributed by atoms with Crippen LogP contribution >= 0.6 is 27.5 Å². The number of hydrogen-bond donors (Lipinski definition) is 0. The van der Waals surface area contributed by atoms with Crippen LogP contribution in [-0.2, 0) is 6.54 Å². The summed E-state index contributed by atoms with van der Waals surface area (Å²) in [5.74, 6) is 1.57. The molecule has 2 aromatic heterocycles. The zero-order valence-corrected chi connectivity index (χ0v) is 13.7. The van der Waals surface area contributed by atoms with Crippen molar-refractivity contribution in [3.63, 3.8) is 0 Å². The summed E-state index contributed by atoms with van der Waals surface area (Å²) in [6.45, 7) is 4.01. The third kappa shape index (κ3) is 2.70. The van der Waals surface area contributed by atoms with E-state index in [4.69, 9.17) is 16.0 Å². The van der Waals surface area contributed by atoms with Gasteiger partial charge in [0.2, 0.25) is 5.89 Å². The minimum atomic E-state index is -0.346. The lowest BCUT2D eigenvalue weighted by Crippen LogP contribution is -2.06. The highest BCUT2D eigenvalue weighted by atomic mass is 79.9. The topological polar surface area (TPSA) is 43.9 Å². The number of rotatable bonds is 3. The molecule has 1 aromatic carbocycles. The molecule has 0 bridgehead atoms. The Balaban J connectivity index is 2.17. The number of halogens is 3. The minimum Gasteiger partial charge on any atom is -0.444 e. The molecule has 110 valence electrons. The number of hydrogen-bond acceptors (Lipinski definition) is 3. The molecule has 0 aliphatic heterocycles. The van der Waals surface area contributed by atoms with Gasteiger partial charge in [-0.25, -0.2) is 14.4 Å². The molecule has 0 amide bonds. The molecule has 0 saturated heterocycles. The number of fused-ring (bicyclic) bond motifs is 1. The van der Waals surface area contributed by atoms with Gasteiger partial charge in [0.05, 0.1) is 27.1 Å². The molecular weight excluding hydrogens is 361 g/mol. The lowest BCUT2D eigenvalue weighted by Gasteiger charge is -2.08. The van der Waals surface area contributed by atoms with Gasteiger partial charge in [0, 0.05) is 6.07 Å². The van der Waals surface area contributed by atoms with Crippen molar-refractivity contribution in [3.05, 3.63) is 46.1 Å². The molecule has 0 fully saturated rings. The highest BCUT2D eigenvalue weighted by Crippen LogP contribution is 2.29. The standard InChI is InChI=1S/C14H12BrClFN3O/c1-7-5-18-13(21-7)6-20-12-4-10(17)9(15)3-11(12)19-14(20)8(2)16/h3-5,8H,6H2,1-2H3. The van der Waals surface area contributed by atoms with Crippen molar-refractivity contribution in [2.45, 2.75) is 25.8 Å². The fourth-order valence-corrected chi connectivity index (χ4v) is 2.72. The molecule has 2 heterocycles. The molecule has 0 radical (unpaired) electrons. The number of oxazole rings is 1. The van der Waals surface area contributed by atoms with Gasteiger partial charge in [-0.05, 0) is 35.8 Å². The summed E-state index contributed by atoms with van der Waals surface area (Å²) in [4.78, 5) is 8.66. The quantitative estimate of drug-likeness (QED) is 0.632. The monoisotopic (exact) mass is 371 g/mol. The highest BCUT2D eigenvalue weighted by Gasteiger charge is 2.18. The van der Waals surface area contributed by atoms with Gasteiger partial charge in [-0.15, -0.1) is 11.6 Å². The van der Waals surface area contributed by atoms with E-state index in [0.29, 0.717) is 33.8 Å². The Bertz CT molecular complexity index is 812. The van der Waals surface area contributed by atoms with Crippen LogP contribution < -0.4 is 0 Å². The maximum atomic E-state index is 13.8. The number of alkyl halides is 1. The van der Waals surface area contributed by atoms with Gasteiger partial charge in [0.25, 0.3) is 0 Å². The van der Waals surface area contributed by atoms with Crippen LogP contribution in [0.2, 0.25) is 0 Å². The van der Waals surface area contributed by atoms with E-state index in [1.54, 1.807) is 12.3 Å². The largest absolute Gasteiger partial charge is 0.444 e. The number of nitrogens with zero attached hydrogens (tertiary/aromatic N) is 3. The van der Waals surface area contributed by atoms with Crippen molar-refractivity contribution in [3.8, 4) is 0 Å². The molecular formula is C14H12BrClFN3O. The van der Waals surface area contributed by atoms with Gasteiger partial charge in [0.1, 0.15) is 23.9 Å². The Morgan fingerprint density at radius 1 is 1.48 bits per heavy atom. The van der Waals surface area contributed by atoms with Crippen LogP contribution in [0.5, 0.6) is 0 Å². The van der Waals surface area contributed by atoms with E-state index in [1.807, 2.05) is 18.4 Å². The van der Waals surface area contributed by atoms with E-state index in [-0.39, 0.29) is 11.2 Å². The maximum absolute atomic E-state index is 13.8. The third-order valence-electron chi connectivity index (χ3n) is 3.14. The average molecular weight is 373 g/mol. The van der Waals surface area contributed by atoms with Crippen molar-refractivity contribution in [2.24, 2.45) is 0 Å². The Labute approximate surface area is 134 Å². The first-order valence-electron chi connectivity index (χ1n) is 6.36. The van der Waals surface area contributed by atoms with Crippen LogP contribution in [0.3, 0.4) is 0 Å². The van der Waals surface area contributed by atoms with Crippen molar-refractivity contribution in [1.29, 1.82) is 0 Å². The third-order valence-corrected chi connectivity index (χ3v) is 3.94. The molecule has 0 aliphatic carbocycles. The zero-order chi connectivity index (χ0) is 15.1.